The molecule has 4 rings (SSSR count). The summed E-state index contributed by atoms with van der Waals surface area (Å²) in [6, 6.07) is -0.0903. The molecule has 0 radical (unpaired) electrons. The Hall–Kier alpha value is -1.13. The summed E-state index contributed by atoms with van der Waals surface area (Å²) in [5, 5.41) is 8.84. The largest absolute Gasteiger partial charge is 0.458 e. The Bertz CT molecular complexity index is 893. The summed E-state index contributed by atoms with van der Waals surface area (Å²) in [6.07, 6.45) is 6.74. The molecule has 2 aromatic rings. The number of esters is 1. The minimum atomic E-state index is -0.355. The second kappa shape index (κ2) is 7.95. The molecule has 28 heavy (non-hydrogen) atoms. The van der Waals surface area contributed by atoms with E-state index in [4.69, 9.17) is 26.2 Å². The van der Waals surface area contributed by atoms with Crippen molar-refractivity contribution in [2.75, 3.05) is 18.5 Å². The van der Waals surface area contributed by atoms with E-state index in [0.29, 0.717) is 24.2 Å². The van der Waals surface area contributed by atoms with Gasteiger partial charge in [0.1, 0.15) is 11.6 Å². The van der Waals surface area contributed by atoms with Crippen molar-refractivity contribution < 1.29 is 14.3 Å². The van der Waals surface area contributed by atoms with Crippen LogP contribution in [-0.2, 0) is 19.7 Å². The zero-order valence-electron chi connectivity index (χ0n) is 16.0. The van der Waals surface area contributed by atoms with Gasteiger partial charge in [0.25, 0.3) is 0 Å². The molecule has 0 amide bonds. The second-order valence-electron chi connectivity index (χ2n) is 7.61. The van der Waals surface area contributed by atoms with Gasteiger partial charge in [0.05, 0.1) is 33.1 Å². The topological polar surface area (TPSA) is 77.8 Å². The van der Waals surface area contributed by atoms with Gasteiger partial charge in [-0.15, -0.1) is 5.10 Å². The first-order valence-electron chi connectivity index (χ1n) is 9.70. The summed E-state index contributed by atoms with van der Waals surface area (Å²) in [6.45, 7) is 4.62. The number of rotatable bonds is 5. The average Bonchev–Trinajstić information content (AvgIpc) is 2.88. The number of hydrogen-bond acceptors (Lipinski definition) is 6. The number of fused-ring (bicyclic) bond motifs is 1. The van der Waals surface area contributed by atoms with Gasteiger partial charge >= 0.3 is 5.97 Å². The molecule has 2 fully saturated rings. The summed E-state index contributed by atoms with van der Waals surface area (Å²) in [5.74, 6) is 0.189. The molecule has 7 nitrogen and oxygen atoms in total. The highest BCUT2D eigenvalue weighted by Gasteiger charge is 2.42. The van der Waals surface area contributed by atoms with E-state index in [1.165, 1.54) is 19.0 Å². The van der Waals surface area contributed by atoms with Gasteiger partial charge in [-0.3, -0.25) is 4.79 Å². The summed E-state index contributed by atoms with van der Waals surface area (Å²) >= 11 is 8.95. The van der Waals surface area contributed by atoms with Crippen molar-refractivity contribution in [2.45, 2.75) is 63.5 Å². The SMILES string of the molecule is CCC1(c2c(I)c(Cl)c3cnc(N[C@@H]4CCOC[C@H]4OC(C)=O)nn23)CCC1. The third kappa shape index (κ3) is 3.47. The molecule has 3 heterocycles. The molecular formula is C19H24ClIN4O3. The summed E-state index contributed by atoms with van der Waals surface area (Å²) in [7, 11) is 0. The number of ether oxygens (including phenoxy) is 2. The van der Waals surface area contributed by atoms with E-state index in [2.05, 4.69) is 39.8 Å². The zero-order chi connectivity index (χ0) is 19.9. The Labute approximate surface area is 182 Å². The van der Waals surface area contributed by atoms with Gasteiger partial charge in [-0.25, -0.2) is 9.50 Å². The van der Waals surface area contributed by atoms with Crippen LogP contribution in [0.1, 0.15) is 51.6 Å². The van der Waals surface area contributed by atoms with Crippen molar-refractivity contribution >= 4 is 51.6 Å². The molecule has 2 aliphatic rings. The third-order valence-electron chi connectivity index (χ3n) is 6.00. The lowest BCUT2D eigenvalue weighted by Crippen LogP contribution is -2.45. The van der Waals surface area contributed by atoms with Gasteiger partial charge in [-0.05, 0) is 48.3 Å². The lowest BCUT2D eigenvalue weighted by atomic mass is 9.65. The number of aromatic nitrogens is 3. The number of halogens is 2. The van der Waals surface area contributed by atoms with E-state index in [0.717, 1.165) is 34.8 Å². The first-order chi connectivity index (χ1) is 13.4. The minimum Gasteiger partial charge on any atom is -0.458 e. The van der Waals surface area contributed by atoms with Crippen LogP contribution >= 0.6 is 34.2 Å². The average molecular weight is 519 g/mol. The van der Waals surface area contributed by atoms with Gasteiger partial charge in [0.15, 0.2) is 0 Å². The van der Waals surface area contributed by atoms with Crippen LogP contribution in [0.2, 0.25) is 5.02 Å². The second-order valence-corrected chi connectivity index (χ2v) is 9.06. The van der Waals surface area contributed by atoms with E-state index in [-0.39, 0.29) is 23.5 Å². The minimum absolute atomic E-state index is 0.0903. The molecule has 152 valence electrons. The molecule has 1 aliphatic carbocycles. The highest BCUT2D eigenvalue weighted by Crippen LogP contribution is 2.49. The summed E-state index contributed by atoms with van der Waals surface area (Å²) in [5.41, 5.74) is 2.16. The Kier molecular flexibility index (Phi) is 5.72. The molecule has 1 saturated heterocycles. The number of carbonyl (C=O) groups is 1. The van der Waals surface area contributed by atoms with Crippen LogP contribution in [0.4, 0.5) is 5.95 Å². The number of anilines is 1. The normalized spacial score (nSPS) is 24.0. The molecule has 2 aromatic heterocycles. The first-order valence-corrected chi connectivity index (χ1v) is 11.2. The third-order valence-corrected chi connectivity index (χ3v) is 7.75. The van der Waals surface area contributed by atoms with E-state index in [9.17, 15) is 4.79 Å². The first kappa shape index (κ1) is 20.2. The van der Waals surface area contributed by atoms with Crippen molar-refractivity contribution in [3.63, 3.8) is 0 Å². The van der Waals surface area contributed by atoms with E-state index in [1.807, 2.05) is 4.52 Å². The maximum Gasteiger partial charge on any atom is 0.303 e. The van der Waals surface area contributed by atoms with Crippen LogP contribution in [0.3, 0.4) is 0 Å². The standard InChI is InChI=1S/C19H24ClIN4O3/c1-3-19(6-4-7-19)17-16(21)15(20)13-9-22-18(24-25(13)17)23-12-5-8-27-10-14(12)28-11(2)26/h9,12,14H,3-8,10H2,1-2H3,(H,23,24)/t12-,14-/m1/s1. The van der Waals surface area contributed by atoms with Gasteiger partial charge in [0, 0.05) is 18.9 Å². The fourth-order valence-corrected chi connectivity index (χ4v) is 5.53. The molecule has 9 heteroatoms. The predicted molar refractivity (Wildman–Crippen MR) is 115 cm³/mol. The molecule has 0 aromatic carbocycles. The molecule has 1 saturated carbocycles. The van der Waals surface area contributed by atoms with Gasteiger partial charge in [-0.2, -0.15) is 0 Å². The zero-order valence-corrected chi connectivity index (χ0v) is 18.9. The Morgan fingerprint density at radius 3 is 2.96 bits per heavy atom. The van der Waals surface area contributed by atoms with Gasteiger partial charge in [-0.1, -0.05) is 24.9 Å². The fraction of sp³-hybridized carbons (Fsp3) is 0.632. The van der Waals surface area contributed by atoms with Crippen molar-refractivity contribution in [1.29, 1.82) is 0 Å². The van der Waals surface area contributed by atoms with Crippen LogP contribution in [0.15, 0.2) is 6.20 Å². The molecule has 0 bridgehead atoms. The fourth-order valence-electron chi connectivity index (χ4n) is 4.24. The van der Waals surface area contributed by atoms with Crippen LogP contribution in [-0.4, -0.2) is 45.9 Å². The number of nitrogens with one attached hydrogen (secondary N) is 1. The van der Waals surface area contributed by atoms with Gasteiger partial charge < -0.3 is 14.8 Å². The molecule has 2 atom stereocenters. The molecule has 0 unspecified atom stereocenters. The molecule has 0 spiro atoms. The lowest BCUT2D eigenvalue weighted by Gasteiger charge is -2.41. The smallest absolute Gasteiger partial charge is 0.303 e. The number of hydrogen-bond donors (Lipinski definition) is 1. The van der Waals surface area contributed by atoms with Crippen LogP contribution in [0.25, 0.3) is 5.52 Å². The van der Waals surface area contributed by atoms with Crippen molar-refractivity contribution in [3.8, 4) is 0 Å². The van der Waals surface area contributed by atoms with Crippen LogP contribution in [0, 0.1) is 3.57 Å². The van der Waals surface area contributed by atoms with Crippen molar-refractivity contribution in [2.24, 2.45) is 0 Å². The quantitative estimate of drug-likeness (QED) is 0.477. The van der Waals surface area contributed by atoms with Gasteiger partial charge in [0.2, 0.25) is 5.95 Å². The monoisotopic (exact) mass is 518 g/mol. The lowest BCUT2D eigenvalue weighted by molar-refractivity contribution is -0.153. The molecule has 1 N–H and O–H groups in total. The number of nitrogens with zero attached hydrogens (tertiary/aromatic N) is 3. The van der Waals surface area contributed by atoms with E-state index >= 15 is 0 Å². The maximum atomic E-state index is 11.4. The van der Waals surface area contributed by atoms with E-state index < -0.39 is 0 Å². The Balaban J connectivity index is 1.68. The Morgan fingerprint density at radius 1 is 1.54 bits per heavy atom. The number of carbonyl (C=O) groups excluding carboxylic acids is 1. The van der Waals surface area contributed by atoms with Crippen molar-refractivity contribution in [3.05, 3.63) is 20.5 Å². The van der Waals surface area contributed by atoms with Crippen LogP contribution in [0.5, 0.6) is 0 Å². The molecular weight excluding hydrogens is 495 g/mol. The summed E-state index contributed by atoms with van der Waals surface area (Å²) in [4.78, 5) is 15.9. The molecule has 1 aliphatic heterocycles. The van der Waals surface area contributed by atoms with Crippen LogP contribution < -0.4 is 5.32 Å². The van der Waals surface area contributed by atoms with Crippen molar-refractivity contribution in [1.82, 2.24) is 14.6 Å². The van der Waals surface area contributed by atoms with E-state index in [1.54, 1.807) is 6.20 Å². The highest BCUT2D eigenvalue weighted by atomic mass is 127. The summed E-state index contributed by atoms with van der Waals surface area (Å²) < 4.78 is 13.9. The Morgan fingerprint density at radius 2 is 2.32 bits per heavy atom. The predicted octanol–water partition coefficient (Wildman–Crippen LogP) is 3.95. The highest BCUT2D eigenvalue weighted by molar-refractivity contribution is 14.1. The maximum absolute atomic E-state index is 11.4.